The van der Waals surface area contributed by atoms with Gasteiger partial charge < -0.3 is 4.32 Å². The lowest BCUT2D eigenvalue weighted by molar-refractivity contribution is -0.693. The monoisotopic (exact) mass is 219 g/mol. The maximum Gasteiger partial charge on any atom is 0.436 e. The van der Waals surface area contributed by atoms with E-state index in [1.54, 1.807) is 0 Å². The Balaban J connectivity index is 0.000000281. The summed E-state index contributed by atoms with van der Waals surface area (Å²) in [4.78, 5) is 0. The van der Waals surface area contributed by atoms with E-state index >= 15 is 0 Å². The summed E-state index contributed by atoms with van der Waals surface area (Å²) in [7, 11) is 2.02. The third kappa shape index (κ3) is 4.26. The van der Waals surface area contributed by atoms with Crippen LogP contribution in [0.2, 0.25) is 0 Å². The van der Waals surface area contributed by atoms with Gasteiger partial charge in [-0.2, -0.15) is 0 Å². The largest absolute Gasteiger partial charge is 0.468 e. The lowest BCUT2D eigenvalue weighted by Crippen LogP contribution is -2.28. The predicted octanol–water partition coefficient (Wildman–Crippen LogP) is 0.422. The molecule has 1 heterocycles. The molecule has 1 aromatic heterocycles. The zero-order chi connectivity index (χ0) is 12.6. The van der Waals surface area contributed by atoms with E-state index in [0.29, 0.717) is 0 Å². The first-order chi connectivity index (χ1) is 7.51. The molecule has 0 fully saturated rings. The third-order valence-corrected chi connectivity index (χ3v) is 1.72. The van der Waals surface area contributed by atoms with Gasteiger partial charge in [0.05, 0.1) is 13.6 Å². The van der Waals surface area contributed by atoms with Gasteiger partial charge in [-0.05, 0) is 6.92 Å². The van der Waals surface area contributed by atoms with Gasteiger partial charge in [-0.15, -0.1) is 0 Å². The maximum atomic E-state index is 12.0. The molecule has 0 aliphatic rings. The highest BCUT2D eigenvalue weighted by molar-refractivity contribution is 6.93. The molecule has 0 aliphatic carbocycles. The van der Waals surface area contributed by atoms with Crippen LogP contribution in [0.5, 0.6) is 0 Å². The Bertz CT molecular complexity index is 425. The van der Waals surface area contributed by atoms with E-state index in [9.17, 15) is 4.32 Å². The van der Waals surface area contributed by atoms with Gasteiger partial charge >= 0.3 is 6.42 Å². The average molecular weight is 219 g/mol. The number of halogens is 1. The van der Waals surface area contributed by atoms with Crippen LogP contribution in [0.4, 0.5) is 4.32 Å². The minimum Gasteiger partial charge on any atom is -0.468 e. The molecule has 1 rings (SSSR count). The summed E-state index contributed by atoms with van der Waals surface area (Å²) in [5.74, 6) is 2.85. The molecule has 0 unspecified atom stereocenters. The van der Waals surface area contributed by atoms with Gasteiger partial charge in [-0.1, -0.05) is 17.9 Å². The van der Waals surface area contributed by atoms with Gasteiger partial charge in [0.15, 0.2) is 0 Å². The number of rotatable bonds is 1. The van der Waals surface area contributed by atoms with Crippen LogP contribution < -0.4 is 4.57 Å². The Kier molecular flexibility index (Phi) is 5.31. The fourth-order valence-corrected chi connectivity index (χ4v) is 0.775. The minimum atomic E-state index is -3.54. The van der Waals surface area contributed by atoms with Gasteiger partial charge in [0.2, 0.25) is 6.33 Å². The van der Waals surface area contributed by atoms with Crippen molar-refractivity contribution in [3.8, 4) is 17.9 Å². The van der Waals surface area contributed by atoms with Crippen molar-refractivity contribution in [3.05, 3.63) is 18.7 Å². The summed E-state index contributed by atoms with van der Waals surface area (Å²) in [5, 5.41) is 23.2. The van der Waals surface area contributed by atoms with Crippen molar-refractivity contribution in [2.24, 2.45) is 7.05 Å². The number of nitriles is 3. The second-order valence-corrected chi connectivity index (χ2v) is 3.06. The Labute approximate surface area is 93.5 Å². The summed E-state index contributed by atoms with van der Waals surface area (Å²) in [6.07, 6.45) is 2.60. The van der Waals surface area contributed by atoms with Crippen molar-refractivity contribution < 1.29 is 8.88 Å². The van der Waals surface area contributed by atoms with Crippen molar-refractivity contribution in [2.45, 2.75) is 13.5 Å². The van der Waals surface area contributed by atoms with E-state index in [1.165, 1.54) is 0 Å². The molecule has 0 spiro atoms. The molecular weight excluding hydrogens is 208 g/mol. The van der Waals surface area contributed by atoms with Crippen LogP contribution in [0.25, 0.3) is 0 Å². The van der Waals surface area contributed by atoms with Crippen LogP contribution in [0.1, 0.15) is 6.92 Å². The van der Waals surface area contributed by atoms with Gasteiger partial charge in [-0.25, -0.2) is 24.9 Å². The first kappa shape index (κ1) is 13.7. The lowest BCUT2D eigenvalue weighted by Gasteiger charge is -1.98. The van der Waals surface area contributed by atoms with Crippen LogP contribution in [0.15, 0.2) is 18.7 Å². The highest BCUT2D eigenvalue weighted by atomic mass is 19.1. The number of hydrogen-bond acceptors (Lipinski definition) is 3. The summed E-state index contributed by atoms with van der Waals surface area (Å²) in [5.41, 5.74) is 0. The number of aromatic nitrogens is 2. The number of aryl methyl sites for hydroxylation is 2. The Hall–Kier alpha value is -2.33. The quantitative estimate of drug-likeness (QED) is 0.507. The molecule has 0 bridgehead atoms. The zero-order valence-electron chi connectivity index (χ0n) is 9.13. The smallest absolute Gasteiger partial charge is 0.436 e. The van der Waals surface area contributed by atoms with E-state index in [-0.39, 0.29) is 0 Å². The molecule has 0 saturated heterocycles. The standard InChI is InChI=1S/C6H11N2.C3BFN3/c1-3-8-5-4-7(2)6-8;5-4(1-6,2-7)3-8/h4-6H,3H2,1-2H3;/q+1;-1. The van der Waals surface area contributed by atoms with E-state index in [4.69, 9.17) is 15.8 Å². The Morgan fingerprint density at radius 3 is 1.94 bits per heavy atom. The van der Waals surface area contributed by atoms with Crippen LogP contribution in [0.3, 0.4) is 0 Å². The van der Waals surface area contributed by atoms with Crippen LogP contribution >= 0.6 is 0 Å². The molecule has 0 radical (unpaired) electrons. The molecule has 0 aliphatic heterocycles. The summed E-state index contributed by atoms with van der Waals surface area (Å²) >= 11 is 0. The fraction of sp³-hybridized carbons (Fsp3) is 0.333. The zero-order valence-corrected chi connectivity index (χ0v) is 9.13. The van der Waals surface area contributed by atoms with Crippen LogP contribution in [0, 0.1) is 33.7 Å². The highest BCUT2D eigenvalue weighted by Crippen LogP contribution is 1.96. The van der Waals surface area contributed by atoms with Crippen molar-refractivity contribution in [3.63, 3.8) is 0 Å². The highest BCUT2D eigenvalue weighted by Gasteiger charge is 2.21. The summed E-state index contributed by atoms with van der Waals surface area (Å²) < 4.78 is 16.1. The molecule has 0 atom stereocenters. The molecule has 0 aromatic carbocycles. The molecule has 5 nitrogen and oxygen atoms in total. The number of nitrogens with zero attached hydrogens (tertiary/aromatic N) is 5. The van der Waals surface area contributed by atoms with Gasteiger partial charge in [0, 0.05) is 0 Å². The van der Waals surface area contributed by atoms with E-state index in [1.807, 2.05) is 17.8 Å². The predicted molar refractivity (Wildman–Crippen MR) is 55.0 cm³/mol. The average Bonchev–Trinajstić information content (AvgIpc) is 2.75. The maximum absolute atomic E-state index is 12.0. The third-order valence-electron chi connectivity index (χ3n) is 1.72. The lowest BCUT2D eigenvalue weighted by atomic mass is 9.48. The van der Waals surface area contributed by atoms with Gasteiger partial charge in [0.25, 0.3) is 0 Å². The van der Waals surface area contributed by atoms with Gasteiger partial charge in [-0.3, -0.25) is 0 Å². The molecule has 0 saturated carbocycles. The Morgan fingerprint density at radius 2 is 1.81 bits per heavy atom. The number of imidazole rings is 1. The Morgan fingerprint density at radius 1 is 1.31 bits per heavy atom. The molecule has 82 valence electrons. The van der Waals surface area contributed by atoms with E-state index in [0.717, 1.165) is 24.5 Å². The molecule has 7 heteroatoms. The van der Waals surface area contributed by atoms with Crippen LogP contribution in [-0.4, -0.2) is 11.0 Å². The van der Waals surface area contributed by atoms with Gasteiger partial charge in [0.1, 0.15) is 12.4 Å². The second kappa shape index (κ2) is 6.21. The second-order valence-electron chi connectivity index (χ2n) is 3.06. The fourth-order valence-electron chi connectivity index (χ4n) is 0.775. The van der Waals surface area contributed by atoms with Crippen LogP contribution in [-0.2, 0) is 13.6 Å². The molecular formula is C9H11BFN5. The first-order valence-electron chi connectivity index (χ1n) is 4.59. The first-order valence-corrected chi connectivity index (χ1v) is 4.59. The van der Waals surface area contributed by atoms with Crippen molar-refractivity contribution in [1.29, 1.82) is 15.8 Å². The molecule has 0 amide bonds. The molecule has 0 N–H and O–H groups in total. The summed E-state index contributed by atoms with van der Waals surface area (Å²) in [6, 6.07) is 0. The SMILES string of the molecule is CC[n+]1ccn(C)c1.N#C[B-](F)(C#N)C#N. The minimum absolute atomic E-state index is 0.951. The van der Waals surface area contributed by atoms with Crippen molar-refractivity contribution in [2.75, 3.05) is 0 Å². The van der Waals surface area contributed by atoms with Crippen molar-refractivity contribution in [1.82, 2.24) is 4.57 Å². The van der Waals surface area contributed by atoms with E-state index < -0.39 is 6.42 Å². The van der Waals surface area contributed by atoms with E-state index in [2.05, 4.69) is 24.0 Å². The normalized spacial score (nSPS) is 9.00. The molecule has 16 heavy (non-hydrogen) atoms. The van der Waals surface area contributed by atoms with Crippen molar-refractivity contribution >= 4 is 6.42 Å². The summed E-state index contributed by atoms with van der Waals surface area (Å²) in [6.45, 7) is 3.18. The molecule has 1 aromatic rings. The topological polar surface area (TPSA) is 80.2 Å². The number of hydrogen-bond donors (Lipinski definition) is 0.